The summed E-state index contributed by atoms with van der Waals surface area (Å²) < 4.78 is 5.52. The highest BCUT2D eigenvalue weighted by molar-refractivity contribution is 5.19. The molecule has 0 aliphatic rings. The zero-order valence-electron chi connectivity index (χ0n) is 8.55. The molecule has 0 unspecified atom stereocenters. The van der Waals surface area contributed by atoms with Crippen molar-refractivity contribution in [3.8, 4) is 5.75 Å². The van der Waals surface area contributed by atoms with Gasteiger partial charge in [0.2, 0.25) is 0 Å². The summed E-state index contributed by atoms with van der Waals surface area (Å²) >= 11 is 0. The maximum atomic E-state index is 5.52. The van der Waals surface area contributed by atoms with Crippen molar-refractivity contribution in [3.63, 3.8) is 0 Å². The van der Waals surface area contributed by atoms with E-state index in [0.717, 1.165) is 17.1 Å². The number of hydrogen-bond donors (Lipinski definition) is 0. The highest BCUT2D eigenvalue weighted by atomic mass is 16.5. The van der Waals surface area contributed by atoms with Gasteiger partial charge in [0.05, 0.1) is 11.9 Å². The lowest BCUT2D eigenvalue weighted by Gasteiger charge is -2.04. The molecule has 76 valence electrons. The van der Waals surface area contributed by atoms with Gasteiger partial charge >= 0.3 is 0 Å². The van der Waals surface area contributed by atoms with Crippen LogP contribution in [0.25, 0.3) is 0 Å². The number of ether oxygens (including phenoxy) is 1. The fourth-order valence-electron chi connectivity index (χ4n) is 1.18. The summed E-state index contributed by atoms with van der Waals surface area (Å²) in [6.45, 7) is 2.42. The maximum Gasteiger partial charge on any atom is 0.138 e. The van der Waals surface area contributed by atoms with Crippen LogP contribution in [0.3, 0.4) is 0 Å². The van der Waals surface area contributed by atoms with E-state index in [0.29, 0.717) is 6.61 Å². The summed E-state index contributed by atoms with van der Waals surface area (Å²) in [4.78, 5) is 8.31. The molecule has 0 aliphatic heterocycles. The van der Waals surface area contributed by atoms with Crippen LogP contribution in [0, 0.1) is 6.92 Å². The molecule has 15 heavy (non-hydrogen) atoms. The first-order valence-corrected chi connectivity index (χ1v) is 4.80. The fraction of sp³-hybridized carbons (Fsp3) is 0.167. The monoisotopic (exact) mass is 200 g/mol. The average Bonchev–Trinajstić information content (AvgIpc) is 2.30. The molecule has 0 aliphatic carbocycles. The molecule has 2 heterocycles. The first-order valence-electron chi connectivity index (χ1n) is 4.80. The Kier molecular flexibility index (Phi) is 2.93. The van der Waals surface area contributed by atoms with Gasteiger partial charge in [0.1, 0.15) is 12.4 Å². The van der Waals surface area contributed by atoms with Gasteiger partial charge in [-0.2, -0.15) is 0 Å². The highest BCUT2D eigenvalue weighted by Gasteiger charge is 1.96. The van der Waals surface area contributed by atoms with Crippen LogP contribution in [-0.4, -0.2) is 9.97 Å². The van der Waals surface area contributed by atoms with E-state index in [1.165, 1.54) is 0 Å². The molecule has 0 spiro atoms. The summed E-state index contributed by atoms with van der Waals surface area (Å²) in [7, 11) is 0. The standard InChI is InChI=1S/C12H12N2O/c1-10-5-6-12(8-14-10)15-9-11-4-2-3-7-13-11/h2-8H,9H2,1H3. The van der Waals surface area contributed by atoms with Crippen molar-refractivity contribution in [2.75, 3.05) is 0 Å². The molecule has 3 nitrogen and oxygen atoms in total. The normalized spacial score (nSPS) is 9.93. The lowest BCUT2D eigenvalue weighted by Crippen LogP contribution is -1.97. The number of hydrogen-bond acceptors (Lipinski definition) is 3. The van der Waals surface area contributed by atoms with Crippen LogP contribution in [0.4, 0.5) is 0 Å². The van der Waals surface area contributed by atoms with Gasteiger partial charge in [-0.05, 0) is 31.2 Å². The van der Waals surface area contributed by atoms with E-state index >= 15 is 0 Å². The van der Waals surface area contributed by atoms with Crippen LogP contribution in [0.2, 0.25) is 0 Å². The molecule has 0 amide bonds. The van der Waals surface area contributed by atoms with Gasteiger partial charge in [-0.15, -0.1) is 0 Å². The van der Waals surface area contributed by atoms with Crippen LogP contribution >= 0.6 is 0 Å². The summed E-state index contributed by atoms with van der Waals surface area (Å²) in [5.74, 6) is 0.770. The fourth-order valence-corrected chi connectivity index (χ4v) is 1.18. The molecule has 0 bridgehead atoms. The van der Waals surface area contributed by atoms with Gasteiger partial charge in [0, 0.05) is 11.9 Å². The van der Waals surface area contributed by atoms with Crippen LogP contribution in [-0.2, 0) is 6.61 Å². The quantitative estimate of drug-likeness (QED) is 0.762. The van der Waals surface area contributed by atoms with Crippen molar-refractivity contribution < 1.29 is 4.74 Å². The third-order valence-corrected chi connectivity index (χ3v) is 2.00. The van der Waals surface area contributed by atoms with E-state index in [4.69, 9.17) is 4.74 Å². The molecule has 0 saturated carbocycles. The predicted octanol–water partition coefficient (Wildman–Crippen LogP) is 2.36. The van der Waals surface area contributed by atoms with Crippen molar-refractivity contribution in [2.24, 2.45) is 0 Å². The third kappa shape index (κ3) is 2.77. The summed E-state index contributed by atoms with van der Waals surface area (Å²) in [5, 5.41) is 0. The molecule has 2 aromatic rings. The Morgan fingerprint density at radius 1 is 1.13 bits per heavy atom. The van der Waals surface area contributed by atoms with E-state index in [2.05, 4.69) is 9.97 Å². The molecular formula is C12H12N2O. The smallest absolute Gasteiger partial charge is 0.138 e. The van der Waals surface area contributed by atoms with Gasteiger partial charge < -0.3 is 4.74 Å². The molecule has 0 fully saturated rings. The first kappa shape index (κ1) is 9.65. The van der Waals surface area contributed by atoms with Crippen molar-refractivity contribution in [1.82, 2.24) is 9.97 Å². The van der Waals surface area contributed by atoms with E-state index in [9.17, 15) is 0 Å². The predicted molar refractivity (Wildman–Crippen MR) is 57.5 cm³/mol. The van der Waals surface area contributed by atoms with Gasteiger partial charge in [0.25, 0.3) is 0 Å². The van der Waals surface area contributed by atoms with Gasteiger partial charge in [-0.25, -0.2) is 0 Å². The third-order valence-electron chi connectivity index (χ3n) is 2.00. The Morgan fingerprint density at radius 2 is 2.07 bits per heavy atom. The Labute approximate surface area is 88.8 Å². The number of aryl methyl sites for hydroxylation is 1. The minimum absolute atomic E-state index is 0.478. The highest BCUT2D eigenvalue weighted by Crippen LogP contribution is 2.10. The van der Waals surface area contributed by atoms with Gasteiger partial charge in [0.15, 0.2) is 0 Å². The zero-order chi connectivity index (χ0) is 10.5. The number of aromatic nitrogens is 2. The molecular weight excluding hydrogens is 188 g/mol. The SMILES string of the molecule is Cc1ccc(OCc2ccccn2)cn1. The van der Waals surface area contributed by atoms with Crippen LogP contribution in [0.1, 0.15) is 11.4 Å². The minimum Gasteiger partial charge on any atom is -0.486 e. The molecule has 0 saturated heterocycles. The van der Waals surface area contributed by atoms with Crippen molar-refractivity contribution in [3.05, 3.63) is 54.1 Å². The second-order valence-electron chi connectivity index (χ2n) is 3.25. The maximum absolute atomic E-state index is 5.52. The molecule has 2 rings (SSSR count). The first-order chi connectivity index (χ1) is 7.34. The molecule has 0 atom stereocenters. The largest absolute Gasteiger partial charge is 0.486 e. The van der Waals surface area contributed by atoms with E-state index < -0.39 is 0 Å². The minimum atomic E-state index is 0.478. The molecule has 2 aromatic heterocycles. The Balaban J connectivity index is 1.96. The topological polar surface area (TPSA) is 35.0 Å². The second kappa shape index (κ2) is 4.55. The Morgan fingerprint density at radius 3 is 2.73 bits per heavy atom. The number of nitrogens with zero attached hydrogens (tertiary/aromatic N) is 2. The van der Waals surface area contributed by atoms with Crippen LogP contribution in [0.15, 0.2) is 42.7 Å². The Hall–Kier alpha value is -1.90. The van der Waals surface area contributed by atoms with Crippen molar-refractivity contribution >= 4 is 0 Å². The van der Waals surface area contributed by atoms with Gasteiger partial charge in [-0.1, -0.05) is 6.07 Å². The molecule has 0 radical (unpaired) electrons. The molecule has 0 aromatic carbocycles. The van der Waals surface area contributed by atoms with E-state index in [-0.39, 0.29) is 0 Å². The second-order valence-corrected chi connectivity index (χ2v) is 3.25. The molecule has 3 heteroatoms. The zero-order valence-corrected chi connectivity index (χ0v) is 8.55. The van der Waals surface area contributed by atoms with Crippen LogP contribution in [0.5, 0.6) is 5.75 Å². The average molecular weight is 200 g/mol. The summed E-state index contributed by atoms with van der Waals surface area (Å²) in [5.41, 5.74) is 1.90. The van der Waals surface area contributed by atoms with E-state index in [1.807, 2.05) is 37.3 Å². The lowest BCUT2D eigenvalue weighted by atomic mass is 10.3. The number of rotatable bonds is 3. The summed E-state index contributed by atoms with van der Waals surface area (Å²) in [6.07, 6.45) is 3.48. The molecule has 0 N–H and O–H groups in total. The van der Waals surface area contributed by atoms with Crippen molar-refractivity contribution in [1.29, 1.82) is 0 Å². The van der Waals surface area contributed by atoms with Crippen LogP contribution < -0.4 is 4.74 Å². The lowest BCUT2D eigenvalue weighted by molar-refractivity contribution is 0.300. The van der Waals surface area contributed by atoms with Gasteiger partial charge in [-0.3, -0.25) is 9.97 Å². The number of pyridine rings is 2. The Bertz CT molecular complexity index is 411. The summed E-state index contributed by atoms with van der Waals surface area (Å²) in [6, 6.07) is 9.59. The van der Waals surface area contributed by atoms with E-state index in [1.54, 1.807) is 12.4 Å². The van der Waals surface area contributed by atoms with Crippen molar-refractivity contribution in [2.45, 2.75) is 13.5 Å².